The van der Waals surface area contributed by atoms with E-state index in [-0.39, 0.29) is 22.5 Å². The van der Waals surface area contributed by atoms with Crippen molar-refractivity contribution >= 4 is 9.05 Å². The fourth-order valence-corrected chi connectivity index (χ4v) is 0. The minimum absolute atomic E-state index is 0. The van der Waals surface area contributed by atoms with Crippen molar-refractivity contribution in [3.63, 3.8) is 0 Å². The second-order valence-electron chi connectivity index (χ2n) is 0.500. The molecule has 0 unspecified atom stereocenters. The van der Waals surface area contributed by atoms with Gasteiger partial charge in [-0.25, -0.2) is 0 Å². The van der Waals surface area contributed by atoms with Gasteiger partial charge in [-0.05, 0) is 0 Å². The Morgan fingerprint density at radius 1 is 0.857 bits per heavy atom. The number of hydrogen-bond donors (Lipinski definition) is 0. The third-order valence-corrected chi connectivity index (χ3v) is 0. The summed E-state index contributed by atoms with van der Waals surface area (Å²) in [7, 11) is -5.61. The molecular formula is H2FeO5Si. The molecule has 7 heavy (non-hydrogen) atoms. The van der Waals surface area contributed by atoms with Crippen LogP contribution in [0, 0.1) is 0 Å². The van der Waals surface area contributed by atoms with Crippen molar-refractivity contribution in [2.24, 2.45) is 0 Å². The topological polar surface area (TPSA) is 124 Å². The van der Waals surface area contributed by atoms with Crippen molar-refractivity contribution in [2.45, 2.75) is 0 Å². The van der Waals surface area contributed by atoms with Crippen LogP contribution in [-0.2, 0) is 17.1 Å². The Balaban J connectivity index is -0.0000000800. The maximum absolute atomic E-state index is 8.58. The van der Waals surface area contributed by atoms with Crippen LogP contribution >= 0.6 is 0 Å². The van der Waals surface area contributed by atoms with E-state index in [9.17, 15) is 0 Å². The van der Waals surface area contributed by atoms with E-state index in [0.29, 0.717) is 0 Å². The van der Waals surface area contributed by atoms with Crippen LogP contribution in [0.5, 0.6) is 0 Å². The first-order valence-electron chi connectivity index (χ1n) is 0.816. The van der Waals surface area contributed by atoms with E-state index in [0.717, 1.165) is 0 Å². The van der Waals surface area contributed by atoms with Crippen molar-refractivity contribution in [1.82, 2.24) is 0 Å². The first-order chi connectivity index (χ1) is 2.00. The molecule has 44 valence electrons. The van der Waals surface area contributed by atoms with Gasteiger partial charge in [0.2, 0.25) is 0 Å². The Hall–Kier alpha value is 0.536. The molecular weight excluding hydrogens is 164 g/mol. The van der Waals surface area contributed by atoms with E-state index in [4.69, 9.17) is 19.2 Å². The van der Waals surface area contributed by atoms with E-state index < -0.39 is 9.05 Å². The molecule has 0 spiro atoms. The minimum atomic E-state index is -5.61. The van der Waals surface area contributed by atoms with E-state index in [1.54, 1.807) is 0 Å². The van der Waals surface area contributed by atoms with E-state index >= 15 is 0 Å². The van der Waals surface area contributed by atoms with E-state index in [1.807, 2.05) is 0 Å². The summed E-state index contributed by atoms with van der Waals surface area (Å²) in [4.78, 5) is 34.3. The van der Waals surface area contributed by atoms with Gasteiger partial charge >= 0.3 is 17.1 Å². The van der Waals surface area contributed by atoms with Crippen LogP contribution in [-0.4, -0.2) is 14.5 Å². The summed E-state index contributed by atoms with van der Waals surface area (Å²) in [6.07, 6.45) is 0. The van der Waals surface area contributed by atoms with Gasteiger partial charge in [-0.3, -0.25) is 0 Å². The van der Waals surface area contributed by atoms with Gasteiger partial charge in [0.05, 0.1) is 0 Å². The standard InChI is InChI=1S/Fe.O4Si.H2O/c;1-5(2,3)4;/h;;1H2/q+4;-4;. The first-order valence-corrected chi connectivity index (χ1v) is 2.45. The van der Waals surface area contributed by atoms with Gasteiger partial charge in [-0.2, -0.15) is 0 Å². The smallest absolute Gasteiger partial charge is 0.894 e. The molecule has 5 nitrogen and oxygen atoms in total. The summed E-state index contributed by atoms with van der Waals surface area (Å²) in [5, 5.41) is 0. The van der Waals surface area contributed by atoms with Gasteiger partial charge < -0.3 is 33.7 Å². The summed E-state index contributed by atoms with van der Waals surface area (Å²) in [6, 6.07) is 0. The second kappa shape index (κ2) is 4.69. The van der Waals surface area contributed by atoms with Gasteiger partial charge in [0.15, 0.2) is 0 Å². The van der Waals surface area contributed by atoms with Crippen molar-refractivity contribution in [2.75, 3.05) is 0 Å². The molecule has 2 N–H and O–H groups in total. The molecule has 0 aliphatic heterocycles. The minimum Gasteiger partial charge on any atom is -0.894 e. The molecule has 0 aromatic heterocycles. The predicted octanol–water partition coefficient (Wildman–Crippen LogP) is -5.96. The van der Waals surface area contributed by atoms with Crippen molar-refractivity contribution < 1.29 is 41.7 Å². The largest absolute Gasteiger partial charge is 4.00 e. The van der Waals surface area contributed by atoms with Crippen LogP contribution in [0.2, 0.25) is 0 Å². The average molecular weight is 166 g/mol. The third-order valence-electron chi connectivity index (χ3n) is 0. The Kier molecular flexibility index (Phi) is 10.5. The predicted molar refractivity (Wildman–Crippen MR) is 9.37 cm³/mol. The fourth-order valence-electron chi connectivity index (χ4n) is 0. The van der Waals surface area contributed by atoms with E-state index in [1.165, 1.54) is 0 Å². The molecule has 0 aromatic carbocycles. The molecule has 0 saturated heterocycles. The van der Waals surface area contributed by atoms with Gasteiger partial charge in [0, 0.05) is 0 Å². The Morgan fingerprint density at radius 2 is 0.857 bits per heavy atom. The molecule has 0 rings (SSSR count). The van der Waals surface area contributed by atoms with Gasteiger partial charge in [-0.15, -0.1) is 0 Å². The average Bonchev–Trinajstić information content (AvgIpc) is 0.722. The molecule has 0 bridgehead atoms. The van der Waals surface area contributed by atoms with Crippen molar-refractivity contribution in [1.29, 1.82) is 0 Å². The van der Waals surface area contributed by atoms with Gasteiger partial charge in [-0.1, -0.05) is 0 Å². The van der Waals surface area contributed by atoms with Crippen molar-refractivity contribution in [3.05, 3.63) is 0 Å². The normalized spacial score (nSPS) is 8.57. The molecule has 0 fully saturated rings. The summed E-state index contributed by atoms with van der Waals surface area (Å²) in [5.74, 6) is 0. The SMILES string of the molecule is O.[Fe+4].[O-][Si]([O-])([O-])[O-]. The number of hydrogen-bond acceptors (Lipinski definition) is 4. The van der Waals surface area contributed by atoms with Crippen LogP contribution in [0.3, 0.4) is 0 Å². The Morgan fingerprint density at radius 3 is 0.857 bits per heavy atom. The van der Waals surface area contributed by atoms with Crippen molar-refractivity contribution in [3.8, 4) is 0 Å². The number of rotatable bonds is 0. The molecule has 0 saturated carbocycles. The Labute approximate surface area is 51.5 Å². The quantitative estimate of drug-likeness (QED) is 0.332. The summed E-state index contributed by atoms with van der Waals surface area (Å²) >= 11 is 0. The fraction of sp³-hybridized carbons (Fsp3) is 0. The molecule has 0 heterocycles. The summed E-state index contributed by atoms with van der Waals surface area (Å²) in [5.41, 5.74) is 0. The molecule has 7 heteroatoms. The van der Waals surface area contributed by atoms with Crippen LogP contribution < -0.4 is 19.2 Å². The van der Waals surface area contributed by atoms with Gasteiger partial charge in [0.1, 0.15) is 0 Å². The van der Waals surface area contributed by atoms with Crippen LogP contribution in [0.1, 0.15) is 0 Å². The zero-order valence-electron chi connectivity index (χ0n) is 2.99. The first kappa shape index (κ1) is 15.6. The monoisotopic (exact) mass is 166 g/mol. The molecule has 0 aliphatic carbocycles. The Bertz CT molecular complexity index is 23.6. The molecule has 0 radical (unpaired) electrons. The van der Waals surface area contributed by atoms with Crippen LogP contribution in [0.15, 0.2) is 0 Å². The molecule has 0 aliphatic rings. The summed E-state index contributed by atoms with van der Waals surface area (Å²) in [6.45, 7) is 0. The summed E-state index contributed by atoms with van der Waals surface area (Å²) < 4.78 is 0. The van der Waals surface area contributed by atoms with E-state index in [2.05, 4.69) is 0 Å². The molecule has 0 aromatic rings. The van der Waals surface area contributed by atoms with Crippen LogP contribution in [0.25, 0.3) is 0 Å². The molecule has 0 atom stereocenters. The maximum Gasteiger partial charge on any atom is 4.00 e. The zero-order valence-corrected chi connectivity index (χ0v) is 5.09. The molecule has 0 amide bonds. The second-order valence-corrected chi connectivity index (χ2v) is 1.50. The van der Waals surface area contributed by atoms with Crippen LogP contribution in [0.4, 0.5) is 0 Å². The maximum atomic E-state index is 8.58. The zero-order chi connectivity index (χ0) is 4.50. The third kappa shape index (κ3) is 468. The van der Waals surface area contributed by atoms with Gasteiger partial charge in [0.25, 0.3) is 0 Å².